The van der Waals surface area contributed by atoms with Crippen LogP contribution in [0.25, 0.3) is 0 Å². The standard InChI is InChI=1S/C12H15Cl2NO3S/c13-10-2-1-3-11(12(10)14)19(17,18)15-7-8-4-5-9(16)6-8/h1-3,8-9,15-16H,4-7H2. The summed E-state index contributed by atoms with van der Waals surface area (Å²) in [5, 5.41) is 9.65. The summed E-state index contributed by atoms with van der Waals surface area (Å²) in [6.07, 6.45) is 1.87. The molecule has 0 saturated heterocycles. The molecule has 0 aliphatic heterocycles. The van der Waals surface area contributed by atoms with Crippen LogP contribution in [-0.4, -0.2) is 26.2 Å². The van der Waals surface area contributed by atoms with E-state index >= 15 is 0 Å². The van der Waals surface area contributed by atoms with Gasteiger partial charge in [0.2, 0.25) is 10.0 Å². The van der Waals surface area contributed by atoms with Crippen LogP contribution >= 0.6 is 23.2 Å². The fraction of sp³-hybridized carbons (Fsp3) is 0.500. The molecule has 1 aromatic rings. The van der Waals surface area contributed by atoms with E-state index in [1.165, 1.54) is 12.1 Å². The van der Waals surface area contributed by atoms with Crippen molar-refractivity contribution in [1.29, 1.82) is 0 Å². The summed E-state index contributed by atoms with van der Waals surface area (Å²) < 4.78 is 26.8. The molecule has 1 saturated carbocycles. The van der Waals surface area contributed by atoms with Crippen molar-refractivity contribution < 1.29 is 13.5 Å². The van der Waals surface area contributed by atoms with E-state index in [-0.39, 0.29) is 27.0 Å². The Hall–Kier alpha value is -0.330. The van der Waals surface area contributed by atoms with Crippen molar-refractivity contribution in [3.05, 3.63) is 28.2 Å². The Morgan fingerprint density at radius 2 is 2.05 bits per heavy atom. The predicted octanol–water partition coefficient (Wildman–Crippen LogP) is 2.43. The summed E-state index contributed by atoms with van der Waals surface area (Å²) in [5.41, 5.74) is 0. The van der Waals surface area contributed by atoms with Crippen LogP contribution in [0.2, 0.25) is 10.0 Å². The average Bonchev–Trinajstić information content (AvgIpc) is 2.76. The molecule has 2 rings (SSSR count). The molecule has 0 aromatic heterocycles. The van der Waals surface area contributed by atoms with Gasteiger partial charge >= 0.3 is 0 Å². The lowest BCUT2D eigenvalue weighted by molar-refractivity contribution is 0.178. The Morgan fingerprint density at radius 3 is 2.68 bits per heavy atom. The second-order valence-electron chi connectivity index (χ2n) is 4.74. The Labute approximate surface area is 122 Å². The molecule has 1 aliphatic rings. The molecular weight excluding hydrogens is 309 g/mol. The second-order valence-corrected chi connectivity index (χ2v) is 7.26. The largest absolute Gasteiger partial charge is 0.393 e. The van der Waals surface area contributed by atoms with Crippen molar-refractivity contribution in [3.63, 3.8) is 0 Å². The normalized spacial score (nSPS) is 23.7. The highest BCUT2D eigenvalue weighted by Gasteiger charge is 2.25. The molecule has 2 atom stereocenters. The molecule has 1 aliphatic carbocycles. The fourth-order valence-corrected chi connectivity index (χ4v) is 4.11. The fourth-order valence-electron chi connectivity index (χ4n) is 2.23. The van der Waals surface area contributed by atoms with Crippen LogP contribution in [0.1, 0.15) is 19.3 Å². The minimum absolute atomic E-state index is 0.0137. The van der Waals surface area contributed by atoms with Gasteiger partial charge in [0.1, 0.15) is 4.90 Å². The number of aliphatic hydroxyl groups excluding tert-OH is 1. The average molecular weight is 324 g/mol. The number of sulfonamides is 1. The monoisotopic (exact) mass is 323 g/mol. The lowest BCUT2D eigenvalue weighted by Gasteiger charge is -2.12. The Balaban J connectivity index is 2.08. The maximum Gasteiger partial charge on any atom is 0.242 e. The number of nitrogens with one attached hydrogen (secondary N) is 1. The van der Waals surface area contributed by atoms with Crippen molar-refractivity contribution in [2.75, 3.05) is 6.54 Å². The Morgan fingerprint density at radius 1 is 1.32 bits per heavy atom. The lowest BCUT2D eigenvalue weighted by Crippen LogP contribution is -2.29. The van der Waals surface area contributed by atoms with Crippen molar-refractivity contribution in [2.45, 2.75) is 30.3 Å². The number of hydrogen-bond donors (Lipinski definition) is 2. The van der Waals surface area contributed by atoms with Gasteiger partial charge in [-0.15, -0.1) is 0 Å². The molecule has 2 unspecified atom stereocenters. The topological polar surface area (TPSA) is 66.4 Å². The minimum Gasteiger partial charge on any atom is -0.393 e. The van der Waals surface area contributed by atoms with Gasteiger partial charge in [-0.2, -0.15) is 0 Å². The van der Waals surface area contributed by atoms with Crippen LogP contribution in [0.3, 0.4) is 0 Å². The first-order valence-corrected chi connectivity index (χ1v) is 8.26. The summed E-state index contributed by atoms with van der Waals surface area (Å²) in [4.78, 5) is -0.0137. The number of benzene rings is 1. The molecule has 0 bridgehead atoms. The summed E-state index contributed by atoms with van der Waals surface area (Å²) in [6.45, 7) is 0.308. The summed E-state index contributed by atoms with van der Waals surface area (Å²) in [5.74, 6) is 0.169. The minimum atomic E-state index is -3.67. The van der Waals surface area contributed by atoms with E-state index in [4.69, 9.17) is 23.2 Å². The zero-order chi connectivity index (χ0) is 14.0. The van der Waals surface area contributed by atoms with Crippen LogP contribution in [0, 0.1) is 5.92 Å². The first-order chi connectivity index (χ1) is 8.90. The van der Waals surface area contributed by atoms with E-state index in [1.54, 1.807) is 6.07 Å². The van der Waals surface area contributed by atoms with Crippen LogP contribution in [0.4, 0.5) is 0 Å². The molecular formula is C12H15Cl2NO3S. The van der Waals surface area contributed by atoms with Gasteiger partial charge in [0.05, 0.1) is 16.1 Å². The van der Waals surface area contributed by atoms with Crippen molar-refractivity contribution in [1.82, 2.24) is 4.72 Å². The van der Waals surface area contributed by atoms with Gasteiger partial charge in [-0.1, -0.05) is 29.3 Å². The number of aliphatic hydroxyl groups is 1. The zero-order valence-electron chi connectivity index (χ0n) is 10.1. The highest BCUT2D eigenvalue weighted by atomic mass is 35.5. The van der Waals surface area contributed by atoms with Gasteiger partial charge < -0.3 is 5.11 Å². The maximum absolute atomic E-state index is 12.1. The number of hydrogen-bond acceptors (Lipinski definition) is 3. The SMILES string of the molecule is O=S(=O)(NCC1CCC(O)C1)c1cccc(Cl)c1Cl. The van der Waals surface area contributed by atoms with E-state index in [1.807, 2.05) is 0 Å². The van der Waals surface area contributed by atoms with Gasteiger partial charge in [0, 0.05) is 6.54 Å². The van der Waals surface area contributed by atoms with Gasteiger partial charge in [-0.3, -0.25) is 0 Å². The first-order valence-electron chi connectivity index (χ1n) is 6.02. The molecule has 19 heavy (non-hydrogen) atoms. The van der Waals surface area contributed by atoms with Gasteiger partial charge in [-0.05, 0) is 37.3 Å². The maximum atomic E-state index is 12.1. The zero-order valence-corrected chi connectivity index (χ0v) is 12.5. The van der Waals surface area contributed by atoms with E-state index in [2.05, 4.69) is 4.72 Å². The van der Waals surface area contributed by atoms with Crippen molar-refractivity contribution >= 4 is 33.2 Å². The van der Waals surface area contributed by atoms with Crippen LogP contribution in [-0.2, 0) is 10.0 Å². The first kappa shape index (κ1) is 15.1. The summed E-state index contributed by atoms with van der Waals surface area (Å²) in [7, 11) is -3.67. The Kier molecular flexibility index (Phi) is 4.74. The van der Waals surface area contributed by atoms with E-state index in [0.717, 1.165) is 12.8 Å². The number of halogens is 2. The summed E-state index contributed by atoms with van der Waals surface area (Å²) in [6, 6.07) is 4.50. The van der Waals surface area contributed by atoms with E-state index < -0.39 is 10.0 Å². The number of rotatable bonds is 4. The molecule has 2 N–H and O–H groups in total. The second kappa shape index (κ2) is 5.97. The molecule has 7 heteroatoms. The molecule has 0 amide bonds. The Bertz CT molecular complexity index is 562. The molecule has 1 aromatic carbocycles. The van der Waals surface area contributed by atoms with Crippen LogP contribution in [0.5, 0.6) is 0 Å². The van der Waals surface area contributed by atoms with Gasteiger partial charge in [0.25, 0.3) is 0 Å². The van der Waals surface area contributed by atoms with Gasteiger partial charge in [-0.25, -0.2) is 13.1 Å². The molecule has 0 heterocycles. The smallest absolute Gasteiger partial charge is 0.242 e. The molecule has 0 radical (unpaired) electrons. The molecule has 106 valence electrons. The third-order valence-electron chi connectivity index (χ3n) is 3.28. The van der Waals surface area contributed by atoms with Gasteiger partial charge in [0.15, 0.2) is 0 Å². The quantitative estimate of drug-likeness (QED) is 0.894. The molecule has 4 nitrogen and oxygen atoms in total. The predicted molar refractivity (Wildman–Crippen MR) is 75.0 cm³/mol. The lowest BCUT2D eigenvalue weighted by atomic mass is 10.1. The summed E-state index contributed by atoms with van der Waals surface area (Å²) >= 11 is 11.7. The van der Waals surface area contributed by atoms with E-state index in [9.17, 15) is 13.5 Å². The van der Waals surface area contributed by atoms with Crippen LogP contribution < -0.4 is 4.72 Å². The third kappa shape index (κ3) is 3.61. The third-order valence-corrected chi connectivity index (χ3v) is 5.68. The van der Waals surface area contributed by atoms with Crippen LogP contribution in [0.15, 0.2) is 23.1 Å². The highest BCUT2D eigenvalue weighted by Crippen LogP contribution is 2.29. The van der Waals surface area contributed by atoms with Crippen molar-refractivity contribution in [2.24, 2.45) is 5.92 Å². The molecule has 0 spiro atoms. The van der Waals surface area contributed by atoms with Crippen molar-refractivity contribution in [3.8, 4) is 0 Å². The van der Waals surface area contributed by atoms with E-state index in [0.29, 0.717) is 13.0 Å². The highest BCUT2D eigenvalue weighted by molar-refractivity contribution is 7.89. The molecule has 1 fully saturated rings.